The second-order valence-electron chi connectivity index (χ2n) is 5.49. The number of carbonyl (C=O) groups is 2. The summed E-state index contributed by atoms with van der Waals surface area (Å²) in [5, 5.41) is 18.7. The standard InChI is InChI=1S/C13H19NO4/c1-7(14-8(2)12(17)18)11-9(15)5-13(3,4)6-10(11)16/h8,15H,5-6H2,1-4H3,(H,17,18). The molecule has 0 heterocycles. The van der Waals surface area contributed by atoms with E-state index in [0.29, 0.717) is 18.6 Å². The number of nitrogens with zero attached hydrogens (tertiary/aromatic N) is 1. The Bertz CT molecular complexity index is 446. The zero-order valence-corrected chi connectivity index (χ0v) is 11.1. The molecule has 0 fully saturated rings. The molecule has 18 heavy (non-hydrogen) atoms. The molecular formula is C13H19NO4. The van der Waals surface area contributed by atoms with Crippen LogP contribution in [0.2, 0.25) is 0 Å². The number of ketones is 1. The number of carboxylic acids is 1. The second-order valence-corrected chi connectivity index (χ2v) is 5.49. The number of aliphatic imine (C=N–C) groups is 1. The first-order valence-corrected chi connectivity index (χ1v) is 5.87. The van der Waals surface area contributed by atoms with E-state index in [4.69, 9.17) is 5.11 Å². The average Bonchev–Trinajstić information content (AvgIpc) is 2.13. The average molecular weight is 253 g/mol. The van der Waals surface area contributed by atoms with E-state index >= 15 is 0 Å². The van der Waals surface area contributed by atoms with Gasteiger partial charge in [-0.25, -0.2) is 4.79 Å². The minimum absolute atomic E-state index is 0.00934. The minimum Gasteiger partial charge on any atom is -0.511 e. The van der Waals surface area contributed by atoms with Crippen molar-refractivity contribution in [2.75, 3.05) is 0 Å². The van der Waals surface area contributed by atoms with Crippen LogP contribution >= 0.6 is 0 Å². The molecule has 5 nitrogen and oxygen atoms in total. The van der Waals surface area contributed by atoms with Crippen molar-refractivity contribution < 1.29 is 19.8 Å². The molecule has 0 aromatic rings. The molecule has 0 amide bonds. The van der Waals surface area contributed by atoms with Crippen LogP contribution in [-0.2, 0) is 9.59 Å². The molecule has 1 rings (SSSR count). The van der Waals surface area contributed by atoms with Gasteiger partial charge >= 0.3 is 5.97 Å². The maximum absolute atomic E-state index is 12.0. The fraction of sp³-hybridized carbons (Fsp3) is 0.615. The highest BCUT2D eigenvalue weighted by molar-refractivity contribution is 6.22. The van der Waals surface area contributed by atoms with Gasteiger partial charge in [-0.15, -0.1) is 0 Å². The van der Waals surface area contributed by atoms with E-state index in [2.05, 4.69) is 4.99 Å². The van der Waals surface area contributed by atoms with Crippen LogP contribution in [0.5, 0.6) is 0 Å². The Morgan fingerprint density at radius 1 is 1.39 bits per heavy atom. The largest absolute Gasteiger partial charge is 0.511 e. The van der Waals surface area contributed by atoms with Crippen molar-refractivity contribution in [1.29, 1.82) is 0 Å². The summed E-state index contributed by atoms with van der Waals surface area (Å²) >= 11 is 0. The summed E-state index contributed by atoms with van der Waals surface area (Å²) in [5.41, 5.74) is 0.217. The molecule has 1 aliphatic carbocycles. The molecule has 0 saturated carbocycles. The SMILES string of the molecule is CC(=NC(C)C(=O)O)C1=C(O)CC(C)(C)CC1=O. The third-order valence-electron chi connectivity index (χ3n) is 2.96. The van der Waals surface area contributed by atoms with Gasteiger partial charge in [0.1, 0.15) is 11.8 Å². The molecular weight excluding hydrogens is 234 g/mol. The summed E-state index contributed by atoms with van der Waals surface area (Å²) in [5.74, 6) is -1.23. The second kappa shape index (κ2) is 4.92. The van der Waals surface area contributed by atoms with Crippen molar-refractivity contribution in [3.63, 3.8) is 0 Å². The van der Waals surface area contributed by atoms with Crippen LogP contribution in [0.15, 0.2) is 16.3 Å². The maximum atomic E-state index is 12.0. The molecule has 0 aromatic heterocycles. The number of carbonyl (C=O) groups excluding carboxylic acids is 1. The molecule has 0 saturated heterocycles. The van der Waals surface area contributed by atoms with Crippen LogP contribution in [-0.4, -0.2) is 33.7 Å². The van der Waals surface area contributed by atoms with Gasteiger partial charge in [0.25, 0.3) is 0 Å². The highest BCUT2D eigenvalue weighted by Gasteiger charge is 2.34. The van der Waals surface area contributed by atoms with Crippen molar-refractivity contribution in [2.45, 2.75) is 46.6 Å². The maximum Gasteiger partial charge on any atom is 0.328 e. The molecule has 0 aliphatic heterocycles. The van der Waals surface area contributed by atoms with E-state index in [0.717, 1.165) is 0 Å². The zero-order chi connectivity index (χ0) is 14.1. The van der Waals surface area contributed by atoms with E-state index < -0.39 is 12.0 Å². The van der Waals surface area contributed by atoms with Crippen molar-refractivity contribution >= 4 is 17.5 Å². The van der Waals surface area contributed by atoms with Crippen molar-refractivity contribution in [2.24, 2.45) is 10.4 Å². The zero-order valence-electron chi connectivity index (χ0n) is 11.1. The topological polar surface area (TPSA) is 87.0 Å². The molecule has 0 radical (unpaired) electrons. The first-order valence-electron chi connectivity index (χ1n) is 5.87. The van der Waals surface area contributed by atoms with Crippen LogP contribution in [0.4, 0.5) is 0 Å². The van der Waals surface area contributed by atoms with Gasteiger partial charge in [0.2, 0.25) is 0 Å². The van der Waals surface area contributed by atoms with Gasteiger partial charge in [0.05, 0.1) is 5.57 Å². The van der Waals surface area contributed by atoms with Crippen LogP contribution in [0.3, 0.4) is 0 Å². The number of Topliss-reactive ketones (excluding diaryl/α,β-unsaturated/α-hetero) is 1. The van der Waals surface area contributed by atoms with Crippen molar-refractivity contribution in [3.8, 4) is 0 Å². The molecule has 1 unspecified atom stereocenters. The Hall–Kier alpha value is -1.65. The van der Waals surface area contributed by atoms with E-state index in [1.807, 2.05) is 13.8 Å². The highest BCUT2D eigenvalue weighted by atomic mass is 16.4. The third kappa shape index (κ3) is 3.18. The summed E-state index contributed by atoms with van der Waals surface area (Å²) in [6, 6.07) is -0.923. The number of allylic oxidation sites excluding steroid dienone is 2. The predicted molar refractivity (Wildman–Crippen MR) is 67.9 cm³/mol. The van der Waals surface area contributed by atoms with Gasteiger partial charge in [-0.3, -0.25) is 9.79 Å². The molecule has 1 aliphatic rings. The fourth-order valence-corrected chi connectivity index (χ4v) is 2.11. The third-order valence-corrected chi connectivity index (χ3v) is 2.96. The Morgan fingerprint density at radius 2 is 1.94 bits per heavy atom. The van der Waals surface area contributed by atoms with Gasteiger partial charge in [-0.1, -0.05) is 13.8 Å². The van der Waals surface area contributed by atoms with Crippen molar-refractivity contribution in [3.05, 3.63) is 11.3 Å². The monoisotopic (exact) mass is 253 g/mol. The van der Waals surface area contributed by atoms with E-state index in [-0.39, 0.29) is 22.5 Å². The Balaban J connectivity index is 3.09. The summed E-state index contributed by atoms with van der Waals surface area (Å²) in [4.78, 5) is 26.6. The lowest BCUT2D eigenvalue weighted by atomic mass is 9.76. The normalized spacial score (nSPS) is 22.0. The highest BCUT2D eigenvalue weighted by Crippen LogP contribution is 2.36. The fourth-order valence-electron chi connectivity index (χ4n) is 2.11. The van der Waals surface area contributed by atoms with Crippen LogP contribution in [0.25, 0.3) is 0 Å². The number of hydrogen-bond donors (Lipinski definition) is 2. The first-order chi connectivity index (χ1) is 8.14. The molecule has 5 heteroatoms. The quantitative estimate of drug-likeness (QED) is 0.754. The number of aliphatic hydroxyl groups is 1. The van der Waals surface area contributed by atoms with E-state index in [9.17, 15) is 14.7 Å². The summed E-state index contributed by atoms with van der Waals surface area (Å²) in [6.07, 6.45) is 0.739. The number of hydrogen-bond acceptors (Lipinski definition) is 4. The van der Waals surface area contributed by atoms with Crippen LogP contribution < -0.4 is 0 Å². The van der Waals surface area contributed by atoms with Crippen LogP contribution in [0, 0.1) is 5.41 Å². The summed E-state index contributed by atoms with van der Waals surface area (Å²) in [7, 11) is 0. The molecule has 0 spiro atoms. The van der Waals surface area contributed by atoms with Crippen LogP contribution in [0.1, 0.15) is 40.5 Å². The lowest BCUT2D eigenvalue weighted by Crippen LogP contribution is -2.29. The molecule has 100 valence electrons. The van der Waals surface area contributed by atoms with E-state index in [1.165, 1.54) is 6.92 Å². The van der Waals surface area contributed by atoms with Gasteiger partial charge in [-0.05, 0) is 19.3 Å². The summed E-state index contributed by atoms with van der Waals surface area (Å²) < 4.78 is 0. The minimum atomic E-state index is -1.06. The smallest absolute Gasteiger partial charge is 0.328 e. The first kappa shape index (κ1) is 14.4. The number of aliphatic hydroxyl groups excluding tert-OH is 1. The van der Waals surface area contributed by atoms with Gasteiger partial charge < -0.3 is 10.2 Å². The molecule has 0 bridgehead atoms. The van der Waals surface area contributed by atoms with Gasteiger partial charge in [0.15, 0.2) is 5.78 Å². The predicted octanol–water partition coefficient (Wildman–Crippen LogP) is 2.12. The number of rotatable bonds is 3. The van der Waals surface area contributed by atoms with E-state index in [1.54, 1.807) is 6.92 Å². The summed E-state index contributed by atoms with van der Waals surface area (Å²) in [6.45, 7) is 6.80. The van der Waals surface area contributed by atoms with Gasteiger partial charge in [-0.2, -0.15) is 0 Å². The Kier molecular flexibility index (Phi) is 3.94. The lowest BCUT2D eigenvalue weighted by Gasteiger charge is -2.29. The molecule has 1 atom stereocenters. The lowest BCUT2D eigenvalue weighted by molar-refractivity contribution is -0.138. The number of aliphatic carboxylic acids is 1. The number of carboxylic acid groups (broad SMARTS) is 1. The van der Waals surface area contributed by atoms with Crippen molar-refractivity contribution in [1.82, 2.24) is 0 Å². The Labute approximate surface area is 106 Å². The molecule has 0 aromatic carbocycles. The van der Waals surface area contributed by atoms with Gasteiger partial charge in [0, 0.05) is 18.6 Å². The Morgan fingerprint density at radius 3 is 2.39 bits per heavy atom. The molecule has 2 N–H and O–H groups in total.